The molecule has 0 bridgehead atoms. The van der Waals surface area contributed by atoms with Crippen LogP contribution in [0.4, 0.5) is 0 Å². The molecule has 6 heteroatoms. The molecule has 0 aliphatic rings. The highest BCUT2D eigenvalue weighted by molar-refractivity contribution is 5.71. The fourth-order valence-electron chi connectivity index (χ4n) is 6.71. The average molecular weight is 861 g/mol. The highest BCUT2D eigenvalue weighted by Gasteiger charge is 2.19. The number of rotatable bonds is 44. The summed E-state index contributed by atoms with van der Waals surface area (Å²) in [5.74, 6) is -0.928. The summed E-state index contributed by atoms with van der Waals surface area (Å²) in [4.78, 5) is 38.0. The van der Waals surface area contributed by atoms with Gasteiger partial charge in [0.15, 0.2) is 6.10 Å². The van der Waals surface area contributed by atoms with Gasteiger partial charge in [-0.3, -0.25) is 14.4 Å². The van der Waals surface area contributed by atoms with Gasteiger partial charge in [-0.2, -0.15) is 0 Å². The number of allylic oxidation sites excluding steroid dienone is 16. The summed E-state index contributed by atoms with van der Waals surface area (Å²) in [6.07, 6.45) is 65.3. The van der Waals surface area contributed by atoms with Gasteiger partial charge in [-0.1, -0.05) is 214 Å². The molecule has 0 aliphatic heterocycles. The number of hydrogen-bond donors (Lipinski definition) is 0. The van der Waals surface area contributed by atoms with E-state index in [4.69, 9.17) is 14.2 Å². The minimum absolute atomic E-state index is 0.0919. The molecule has 0 radical (unpaired) electrons. The van der Waals surface area contributed by atoms with Gasteiger partial charge in [0.25, 0.3) is 0 Å². The maximum Gasteiger partial charge on any atom is 0.306 e. The minimum atomic E-state index is -0.792. The van der Waals surface area contributed by atoms with Crippen molar-refractivity contribution in [3.05, 3.63) is 97.2 Å². The molecule has 0 aromatic heterocycles. The van der Waals surface area contributed by atoms with E-state index >= 15 is 0 Å². The Hall–Kier alpha value is -3.67. The molecule has 1 unspecified atom stereocenters. The number of carbonyl (C=O) groups excluding carboxylic acids is 3. The molecule has 0 saturated heterocycles. The Balaban J connectivity index is 4.44. The Kier molecular flexibility index (Phi) is 47.0. The Labute approximate surface area is 381 Å². The third-order valence-electron chi connectivity index (χ3n) is 10.4. The minimum Gasteiger partial charge on any atom is -0.462 e. The molecule has 352 valence electrons. The molecule has 0 heterocycles. The van der Waals surface area contributed by atoms with Crippen molar-refractivity contribution < 1.29 is 28.6 Å². The average Bonchev–Trinajstić information content (AvgIpc) is 3.27. The summed E-state index contributed by atoms with van der Waals surface area (Å²) in [6.45, 7) is 6.24. The molecule has 1 atom stereocenters. The lowest BCUT2D eigenvalue weighted by Gasteiger charge is -2.18. The van der Waals surface area contributed by atoms with Crippen LogP contribution in [-0.2, 0) is 28.6 Å². The van der Waals surface area contributed by atoms with Gasteiger partial charge >= 0.3 is 17.9 Å². The predicted molar refractivity (Wildman–Crippen MR) is 265 cm³/mol. The largest absolute Gasteiger partial charge is 0.462 e. The maximum absolute atomic E-state index is 12.8. The summed E-state index contributed by atoms with van der Waals surface area (Å²) in [5, 5.41) is 0. The lowest BCUT2D eigenvalue weighted by molar-refractivity contribution is -0.167. The van der Waals surface area contributed by atoms with Crippen LogP contribution in [0.5, 0.6) is 0 Å². The van der Waals surface area contributed by atoms with Crippen molar-refractivity contribution in [2.75, 3.05) is 13.2 Å². The third-order valence-corrected chi connectivity index (χ3v) is 10.4. The maximum atomic E-state index is 12.8. The van der Waals surface area contributed by atoms with Gasteiger partial charge in [-0.15, -0.1) is 0 Å². The molecule has 0 fully saturated rings. The van der Waals surface area contributed by atoms with Crippen LogP contribution in [0, 0.1) is 0 Å². The van der Waals surface area contributed by atoms with Crippen LogP contribution in [0.15, 0.2) is 97.2 Å². The Morgan fingerprint density at radius 2 is 0.661 bits per heavy atom. The van der Waals surface area contributed by atoms with Crippen LogP contribution >= 0.6 is 0 Å². The van der Waals surface area contributed by atoms with Crippen LogP contribution in [0.1, 0.15) is 220 Å². The molecule has 0 aliphatic carbocycles. The van der Waals surface area contributed by atoms with Crippen molar-refractivity contribution in [2.45, 2.75) is 226 Å². The van der Waals surface area contributed by atoms with E-state index in [-0.39, 0.29) is 31.1 Å². The highest BCUT2D eigenvalue weighted by Crippen LogP contribution is 2.14. The normalized spacial score (nSPS) is 12.9. The molecule has 0 aromatic carbocycles. The first-order chi connectivity index (χ1) is 30.5. The summed E-state index contributed by atoms with van der Waals surface area (Å²) in [5.41, 5.74) is 0. The van der Waals surface area contributed by atoms with Crippen molar-refractivity contribution in [2.24, 2.45) is 0 Å². The molecular formula is C56H92O6. The number of hydrogen-bond acceptors (Lipinski definition) is 6. The topological polar surface area (TPSA) is 78.9 Å². The second kappa shape index (κ2) is 50.0. The van der Waals surface area contributed by atoms with Gasteiger partial charge in [-0.25, -0.2) is 0 Å². The van der Waals surface area contributed by atoms with Gasteiger partial charge in [0.05, 0.1) is 0 Å². The van der Waals surface area contributed by atoms with Crippen LogP contribution < -0.4 is 0 Å². The SMILES string of the molecule is CC\C=C/C=C\C=C/CCCCCCCCCC(=O)OCC(COC(=O)CCCCCCCCC/C=C\C/C=C\CC)OC(=O)CCCCCCCCC\C=C/C=C\C=C/CC. The fourth-order valence-corrected chi connectivity index (χ4v) is 6.71. The first kappa shape index (κ1) is 58.3. The van der Waals surface area contributed by atoms with Crippen molar-refractivity contribution in [1.29, 1.82) is 0 Å². The van der Waals surface area contributed by atoms with E-state index < -0.39 is 6.10 Å². The second-order valence-electron chi connectivity index (χ2n) is 16.4. The number of carbonyl (C=O) groups is 3. The van der Waals surface area contributed by atoms with Gasteiger partial charge in [0, 0.05) is 19.3 Å². The first-order valence-electron chi connectivity index (χ1n) is 25.3. The number of esters is 3. The molecule has 0 N–H and O–H groups in total. The molecule has 62 heavy (non-hydrogen) atoms. The Morgan fingerprint density at radius 1 is 0.339 bits per heavy atom. The van der Waals surface area contributed by atoms with E-state index in [9.17, 15) is 14.4 Å². The van der Waals surface area contributed by atoms with E-state index in [2.05, 4.69) is 118 Å². The van der Waals surface area contributed by atoms with Gasteiger partial charge in [-0.05, 0) is 83.5 Å². The lowest BCUT2D eigenvalue weighted by Crippen LogP contribution is -2.30. The number of unbranched alkanes of at least 4 members (excludes halogenated alkanes) is 21. The van der Waals surface area contributed by atoms with Crippen molar-refractivity contribution in [1.82, 2.24) is 0 Å². The molecular weight excluding hydrogens is 769 g/mol. The zero-order chi connectivity index (χ0) is 45.1. The van der Waals surface area contributed by atoms with Crippen LogP contribution in [-0.4, -0.2) is 37.2 Å². The molecule has 0 rings (SSSR count). The zero-order valence-electron chi connectivity index (χ0n) is 40.1. The third kappa shape index (κ3) is 47.4. The predicted octanol–water partition coefficient (Wildman–Crippen LogP) is 16.6. The molecule has 0 aromatic rings. The van der Waals surface area contributed by atoms with Crippen LogP contribution in [0.3, 0.4) is 0 Å². The number of ether oxygens (including phenoxy) is 3. The van der Waals surface area contributed by atoms with E-state index in [0.717, 1.165) is 109 Å². The van der Waals surface area contributed by atoms with Crippen LogP contribution in [0.2, 0.25) is 0 Å². The monoisotopic (exact) mass is 861 g/mol. The molecule has 0 spiro atoms. The standard InChI is InChI=1S/C56H92O6/c1-4-7-10-13-16-19-22-25-28-31-34-37-40-43-46-49-55(58)61-52-53(51-60-54(57)48-45-42-39-36-33-30-27-24-21-18-15-12-9-6-3)62-56(59)50-47-44-41-38-35-32-29-26-23-20-17-14-11-8-5-2/h7-14,16-23,53H,4-6,15,24-52H2,1-3H3/b10-7-,11-8-,12-9-,16-13-,17-14-,21-18-,22-19-,23-20-. The van der Waals surface area contributed by atoms with Gasteiger partial charge < -0.3 is 14.2 Å². The van der Waals surface area contributed by atoms with E-state index in [1.807, 2.05) is 0 Å². The van der Waals surface area contributed by atoms with E-state index in [0.29, 0.717) is 19.3 Å². The van der Waals surface area contributed by atoms with Gasteiger partial charge in [0.2, 0.25) is 0 Å². The Morgan fingerprint density at radius 3 is 1.06 bits per heavy atom. The molecule has 0 saturated carbocycles. The summed E-state index contributed by atoms with van der Waals surface area (Å²) in [7, 11) is 0. The second-order valence-corrected chi connectivity index (χ2v) is 16.4. The zero-order valence-corrected chi connectivity index (χ0v) is 40.1. The van der Waals surface area contributed by atoms with Crippen molar-refractivity contribution >= 4 is 17.9 Å². The van der Waals surface area contributed by atoms with Crippen LogP contribution in [0.25, 0.3) is 0 Å². The smallest absolute Gasteiger partial charge is 0.306 e. The lowest BCUT2D eigenvalue weighted by atomic mass is 10.1. The summed E-state index contributed by atoms with van der Waals surface area (Å²) in [6, 6.07) is 0. The van der Waals surface area contributed by atoms with Crippen molar-refractivity contribution in [3.8, 4) is 0 Å². The van der Waals surface area contributed by atoms with E-state index in [1.165, 1.54) is 70.6 Å². The highest BCUT2D eigenvalue weighted by atomic mass is 16.6. The molecule has 6 nitrogen and oxygen atoms in total. The van der Waals surface area contributed by atoms with Crippen molar-refractivity contribution in [3.63, 3.8) is 0 Å². The summed E-state index contributed by atoms with van der Waals surface area (Å²) < 4.78 is 16.8. The summed E-state index contributed by atoms with van der Waals surface area (Å²) >= 11 is 0. The fraction of sp³-hybridized carbons (Fsp3) is 0.661. The first-order valence-corrected chi connectivity index (χ1v) is 25.3. The van der Waals surface area contributed by atoms with E-state index in [1.54, 1.807) is 0 Å². The Bertz CT molecular complexity index is 1260. The van der Waals surface area contributed by atoms with Gasteiger partial charge in [0.1, 0.15) is 13.2 Å². The molecule has 0 amide bonds. The quantitative estimate of drug-likeness (QED) is 0.0200.